The number of aliphatic hydroxyl groups excluding tert-OH is 1. The van der Waals surface area contributed by atoms with E-state index in [2.05, 4.69) is 39.4 Å². The molecule has 1 N–H and O–H groups in total. The molecule has 1 unspecified atom stereocenters. The topological polar surface area (TPSA) is 119 Å². The number of aliphatic hydroxyl groups is 1. The molecule has 0 saturated carbocycles. The van der Waals surface area contributed by atoms with Crippen LogP contribution in [0.4, 0.5) is 5.13 Å². The molecule has 1 aliphatic rings. The van der Waals surface area contributed by atoms with Crippen molar-refractivity contribution in [2.24, 2.45) is 0 Å². The molecule has 1 atom stereocenters. The molecule has 4 heterocycles. The number of hydrogen-bond donors (Lipinski definition) is 1. The summed E-state index contributed by atoms with van der Waals surface area (Å²) >= 11 is 2.71. The fourth-order valence-corrected chi connectivity index (χ4v) is 7.27. The number of aryl methyl sites for hydroxylation is 3. The summed E-state index contributed by atoms with van der Waals surface area (Å²) < 4.78 is 14.1. The molecule has 1 amide bonds. The zero-order chi connectivity index (χ0) is 32.5. The molecule has 3 aromatic heterocycles. The van der Waals surface area contributed by atoms with Gasteiger partial charge in [-0.3, -0.25) is 14.5 Å². The van der Waals surface area contributed by atoms with E-state index in [1.807, 2.05) is 57.3 Å². The quantitative estimate of drug-likeness (QED) is 0.0568. The molecule has 236 valence electrons. The molecule has 1 saturated heterocycles. The number of pyridine rings is 1. The second kappa shape index (κ2) is 13.0. The zero-order valence-corrected chi connectivity index (χ0v) is 27.7. The van der Waals surface area contributed by atoms with Gasteiger partial charge in [0.2, 0.25) is 5.13 Å². The number of aromatic nitrogens is 4. The van der Waals surface area contributed by atoms with E-state index in [1.165, 1.54) is 33.6 Å². The maximum absolute atomic E-state index is 13.9. The largest absolute Gasteiger partial charge is 0.505 e. The third kappa shape index (κ3) is 5.74. The Morgan fingerprint density at radius 1 is 0.978 bits per heavy atom. The molecule has 10 nitrogen and oxygen atoms in total. The Morgan fingerprint density at radius 2 is 1.72 bits per heavy atom. The van der Waals surface area contributed by atoms with Gasteiger partial charge in [0.05, 0.1) is 30.5 Å². The highest BCUT2D eigenvalue weighted by atomic mass is 32.2. The molecule has 0 spiro atoms. The molecule has 5 aromatic rings. The number of ketones is 1. The van der Waals surface area contributed by atoms with Gasteiger partial charge in [-0.15, -0.1) is 10.2 Å². The van der Waals surface area contributed by atoms with Crippen LogP contribution in [0.2, 0.25) is 0 Å². The number of Topliss-reactive ketones (excluding diaryl/α,β-unsaturated/α-hetero) is 1. The number of amides is 1. The summed E-state index contributed by atoms with van der Waals surface area (Å²) in [7, 11) is 0. The number of thioether (sulfide) groups is 1. The first-order valence-electron chi connectivity index (χ1n) is 14.9. The van der Waals surface area contributed by atoms with Crippen molar-refractivity contribution in [3.8, 4) is 11.5 Å². The molecule has 1 fully saturated rings. The summed E-state index contributed by atoms with van der Waals surface area (Å²) in [5.41, 5.74) is 5.15. The lowest BCUT2D eigenvalue weighted by Crippen LogP contribution is -2.29. The third-order valence-corrected chi connectivity index (χ3v) is 9.85. The highest BCUT2D eigenvalue weighted by molar-refractivity contribution is 8.00. The van der Waals surface area contributed by atoms with E-state index >= 15 is 0 Å². The molecule has 0 aliphatic carbocycles. The summed E-state index contributed by atoms with van der Waals surface area (Å²) in [6.45, 7) is 10.3. The second-order valence-electron chi connectivity index (χ2n) is 10.8. The first-order valence-corrected chi connectivity index (χ1v) is 16.7. The van der Waals surface area contributed by atoms with Crippen LogP contribution in [0.1, 0.15) is 53.5 Å². The van der Waals surface area contributed by atoms with Gasteiger partial charge < -0.3 is 19.0 Å². The van der Waals surface area contributed by atoms with E-state index in [1.54, 1.807) is 18.2 Å². The van der Waals surface area contributed by atoms with E-state index in [4.69, 9.17) is 9.47 Å². The lowest BCUT2D eigenvalue weighted by atomic mass is 9.96. The number of benzene rings is 2. The van der Waals surface area contributed by atoms with Crippen molar-refractivity contribution in [1.82, 2.24) is 19.6 Å². The first kappa shape index (κ1) is 31.3. The predicted octanol–water partition coefficient (Wildman–Crippen LogP) is 6.83. The monoisotopic (exact) mass is 655 g/mol. The minimum absolute atomic E-state index is 0.0928. The van der Waals surface area contributed by atoms with Gasteiger partial charge in [-0.05, 0) is 69.5 Å². The minimum atomic E-state index is -1.02. The molecule has 6 rings (SSSR count). The predicted molar refractivity (Wildman–Crippen MR) is 179 cm³/mol. The normalized spacial score (nSPS) is 16.0. The van der Waals surface area contributed by atoms with Crippen molar-refractivity contribution in [2.75, 3.05) is 18.1 Å². The minimum Gasteiger partial charge on any atom is -0.505 e. The van der Waals surface area contributed by atoms with Gasteiger partial charge in [-0.25, -0.2) is 4.98 Å². The molecule has 1 aliphatic heterocycles. The molecule has 12 heteroatoms. The van der Waals surface area contributed by atoms with Crippen LogP contribution >= 0.6 is 23.1 Å². The number of hydrogen-bond acceptors (Lipinski definition) is 10. The van der Waals surface area contributed by atoms with Crippen LogP contribution in [0.5, 0.6) is 11.5 Å². The van der Waals surface area contributed by atoms with Crippen molar-refractivity contribution >= 4 is 51.3 Å². The van der Waals surface area contributed by atoms with Crippen molar-refractivity contribution in [3.05, 3.63) is 100 Å². The summed E-state index contributed by atoms with van der Waals surface area (Å²) in [5.74, 6) is -0.369. The summed E-state index contributed by atoms with van der Waals surface area (Å²) in [6.07, 6.45) is 1.84. The number of anilines is 1. The van der Waals surface area contributed by atoms with E-state index in [0.29, 0.717) is 51.7 Å². The first-order chi connectivity index (χ1) is 22.2. The lowest BCUT2D eigenvalue weighted by molar-refractivity contribution is -0.132. The molecule has 46 heavy (non-hydrogen) atoms. The van der Waals surface area contributed by atoms with Gasteiger partial charge in [0, 0.05) is 11.9 Å². The maximum Gasteiger partial charge on any atom is 0.301 e. The molecule has 0 radical (unpaired) electrons. The highest BCUT2D eigenvalue weighted by Crippen LogP contribution is 2.46. The number of ether oxygens (including phenoxy) is 2. The van der Waals surface area contributed by atoms with Gasteiger partial charge in [0.25, 0.3) is 5.78 Å². The van der Waals surface area contributed by atoms with E-state index < -0.39 is 17.7 Å². The Hall–Kier alpha value is -4.68. The summed E-state index contributed by atoms with van der Waals surface area (Å²) in [4.78, 5) is 33.7. The van der Waals surface area contributed by atoms with E-state index in [0.717, 1.165) is 11.1 Å². The number of nitrogens with zero attached hydrogens (tertiary/aromatic N) is 5. The van der Waals surface area contributed by atoms with Gasteiger partial charge in [-0.2, -0.15) is 0 Å². The molecular formula is C34H33N5O5S2. The Balaban J connectivity index is 1.47. The number of carbonyl (C=O) groups excluding carboxylic acids is 2. The second-order valence-corrected chi connectivity index (χ2v) is 13.0. The highest BCUT2D eigenvalue weighted by Gasteiger charge is 2.49. The van der Waals surface area contributed by atoms with Crippen LogP contribution in [0.25, 0.3) is 11.4 Å². The summed E-state index contributed by atoms with van der Waals surface area (Å²) in [5, 5.41) is 20.8. The van der Waals surface area contributed by atoms with Crippen molar-refractivity contribution in [1.29, 1.82) is 0 Å². The number of carbonyl (C=O) groups is 2. The molecular weight excluding hydrogens is 623 g/mol. The van der Waals surface area contributed by atoms with Gasteiger partial charge in [0.1, 0.15) is 11.3 Å². The van der Waals surface area contributed by atoms with Crippen LogP contribution < -0.4 is 14.4 Å². The van der Waals surface area contributed by atoms with Crippen LogP contribution in [0, 0.1) is 20.8 Å². The van der Waals surface area contributed by atoms with Crippen LogP contribution in [-0.2, 0) is 15.3 Å². The van der Waals surface area contributed by atoms with Crippen molar-refractivity contribution in [3.63, 3.8) is 0 Å². The van der Waals surface area contributed by atoms with Crippen LogP contribution in [0.15, 0.2) is 70.7 Å². The fourth-order valence-electron chi connectivity index (χ4n) is 5.44. The summed E-state index contributed by atoms with van der Waals surface area (Å²) in [6, 6.07) is 16.3. The number of rotatable bonds is 10. The Bertz CT molecular complexity index is 1980. The Labute approximate surface area is 274 Å². The van der Waals surface area contributed by atoms with Crippen LogP contribution in [0.3, 0.4) is 0 Å². The smallest absolute Gasteiger partial charge is 0.301 e. The Morgan fingerprint density at radius 3 is 2.43 bits per heavy atom. The number of fused-ring (bicyclic) bond motifs is 1. The average Bonchev–Trinajstić information content (AvgIpc) is 3.73. The standard InChI is InChI=1S/C34H33N5O5S2/c1-6-43-24-15-14-23(17-25(24)44-7-2)28-26(29(40)27-21(5)38-16-8-9-20(4)31(38)35-27)30(41)32(42)39(28)33-36-37-34(46-33)45-18-22-12-10-19(3)11-13-22/h8-17,28,40H,6-7,18H2,1-5H3. The molecule has 2 aromatic carbocycles. The van der Waals surface area contributed by atoms with Crippen LogP contribution in [-0.4, -0.2) is 49.6 Å². The fraction of sp³-hybridized carbons (Fsp3) is 0.265. The van der Waals surface area contributed by atoms with Gasteiger partial charge in [-0.1, -0.05) is 65.1 Å². The average molecular weight is 656 g/mol. The van der Waals surface area contributed by atoms with Crippen molar-refractivity contribution in [2.45, 2.75) is 50.8 Å². The zero-order valence-electron chi connectivity index (χ0n) is 26.1. The maximum atomic E-state index is 13.9. The van der Waals surface area contributed by atoms with Gasteiger partial charge >= 0.3 is 5.91 Å². The third-order valence-electron chi connectivity index (χ3n) is 7.72. The SMILES string of the molecule is CCOc1ccc(C2C(=C(O)c3nc4c(C)cccn4c3C)C(=O)C(=O)N2c2nnc(SCc3ccc(C)cc3)s2)cc1OCC. The van der Waals surface area contributed by atoms with E-state index in [-0.39, 0.29) is 22.2 Å². The van der Waals surface area contributed by atoms with Crippen molar-refractivity contribution < 1.29 is 24.2 Å². The lowest BCUT2D eigenvalue weighted by Gasteiger charge is -2.23. The van der Waals surface area contributed by atoms with Gasteiger partial charge in [0.15, 0.2) is 21.6 Å². The molecule has 0 bridgehead atoms. The van der Waals surface area contributed by atoms with E-state index in [9.17, 15) is 14.7 Å². The Kier molecular flexibility index (Phi) is 8.83. The number of imidazole rings is 1.